The highest BCUT2D eigenvalue weighted by atomic mass is 16.5. The third-order valence-electron chi connectivity index (χ3n) is 4.93. The van der Waals surface area contributed by atoms with Gasteiger partial charge in [0, 0.05) is 5.56 Å². The number of hydrazone groups is 1. The van der Waals surface area contributed by atoms with E-state index in [-0.39, 0.29) is 11.6 Å². The molecule has 0 fully saturated rings. The maximum Gasteiger partial charge on any atom is 0.287 e. The van der Waals surface area contributed by atoms with Gasteiger partial charge in [-0.1, -0.05) is 74.5 Å². The molecule has 0 atom stereocenters. The van der Waals surface area contributed by atoms with E-state index < -0.39 is 5.91 Å². The molecule has 0 bridgehead atoms. The number of hydrogen-bond acceptors (Lipinski definition) is 4. The molecule has 0 spiro atoms. The molecule has 2 N–H and O–H groups in total. The van der Waals surface area contributed by atoms with E-state index in [1.54, 1.807) is 30.3 Å². The van der Waals surface area contributed by atoms with Crippen LogP contribution in [0.3, 0.4) is 0 Å². The van der Waals surface area contributed by atoms with Crippen LogP contribution in [-0.4, -0.2) is 24.1 Å². The minimum atomic E-state index is -0.516. The van der Waals surface area contributed by atoms with E-state index in [1.165, 1.54) is 0 Å². The fourth-order valence-corrected chi connectivity index (χ4v) is 3.15. The highest BCUT2D eigenvalue weighted by molar-refractivity contribution is 6.06. The lowest BCUT2D eigenvalue weighted by molar-refractivity contribution is -0.117. The van der Waals surface area contributed by atoms with Gasteiger partial charge in [0.1, 0.15) is 11.4 Å². The third kappa shape index (κ3) is 7.17. The fraction of sp³-hybridized carbons (Fsp3) is 0.179. The van der Waals surface area contributed by atoms with Crippen LogP contribution in [0.4, 0.5) is 0 Å². The number of nitrogens with one attached hydrogen (secondary N) is 2. The van der Waals surface area contributed by atoms with Crippen molar-refractivity contribution in [2.75, 3.05) is 6.61 Å². The van der Waals surface area contributed by atoms with E-state index in [9.17, 15) is 9.59 Å². The number of carbonyl (C=O) groups excluding carboxylic acids is 2. The Morgan fingerprint density at radius 3 is 2.06 bits per heavy atom. The Kier molecular flexibility index (Phi) is 9.17. The van der Waals surface area contributed by atoms with Crippen LogP contribution in [0.5, 0.6) is 5.75 Å². The molecule has 0 saturated carbocycles. The zero-order chi connectivity index (χ0) is 24.2. The molecule has 0 saturated heterocycles. The molecule has 174 valence electrons. The first-order chi connectivity index (χ1) is 16.6. The lowest BCUT2D eigenvalue weighted by Crippen LogP contribution is -2.33. The molecule has 0 aliphatic rings. The molecule has 34 heavy (non-hydrogen) atoms. The summed E-state index contributed by atoms with van der Waals surface area (Å²) in [7, 11) is 0. The summed E-state index contributed by atoms with van der Waals surface area (Å²) < 4.78 is 5.62. The number of benzene rings is 3. The van der Waals surface area contributed by atoms with E-state index in [1.807, 2.05) is 74.5 Å². The van der Waals surface area contributed by atoms with Crippen LogP contribution in [0.1, 0.15) is 48.2 Å². The SMILES string of the molecule is CCCOc1ccc(/C=C(\NC(=O)c2ccccc2)C(=O)N/N=C(\CC)c2ccccc2)cc1. The number of carbonyl (C=O) groups is 2. The summed E-state index contributed by atoms with van der Waals surface area (Å²) in [6, 6.07) is 25.7. The first kappa shape index (κ1) is 24.5. The zero-order valence-electron chi connectivity index (χ0n) is 19.5. The van der Waals surface area contributed by atoms with Gasteiger partial charge in [0.05, 0.1) is 12.3 Å². The molecule has 2 amide bonds. The molecule has 0 aromatic heterocycles. The van der Waals surface area contributed by atoms with Crippen LogP contribution in [0.25, 0.3) is 6.08 Å². The fourth-order valence-electron chi connectivity index (χ4n) is 3.15. The second kappa shape index (κ2) is 12.7. The van der Waals surface area contributed by atoms with E-state index in [4.69, 9.17) is 4.74 Å². The molecule has 0 aliphatic carbocycles. The van der Waals surface area contributed by atoms with Crippen molar-refractivity contribution in [2.24, 2.45) is 5.10 Å². The van der Waals surface area contributed by atoms with E-state index in [0.29, 0.717) is 18.6 Å². The summed E-state index contributed by atoms with van der Waals surface area (Å²) in [6.07, 6.45) is 3.17. The number of hydrogen-bond donors (Lipinski definition) is 2. The van der Waals surface area contributed by atoms with Crippen molar-refractivity contribution >= 4 is 23.6 Å². The van der Waals surface area contributed by atoms with Gasteiger partial charge in [-0.3, -0.25) is 9.59 Å². The Hall–Kier alpha value is -4.19. The average molecular weight is 456 g/mol. The Labute approximate surface area is 200 Å². The highest BCUT2D eigenvalue weighted by Gasteiger charge is 2.15. The Morgan fingerprint density at radius 1 is 0.853 bits per heavy atom. The van der Waals surface area contributed by atoms with E-state index in [0.717, 1.165) is 29.0 Å². The highest BCUT2D eigenvalue weighted by Crippen LogP contribution is 2.15. The van der Waals surface area contributed by atoms with Gasteiger partial charge in [-0.25, -0.2) is 5.43 Å². The summed E-state index contributed by atoms with van der Waals surface area (Å²) in [5.74, 6) is -0.150. The topological polar surface area (TPSA) is 79.8 Å². The normalized spacial score (nSPS) is 11.6. The first-order valence-electron chi connectivity index (χ1n) is 11.3. The maximum absolute atomic E-state index is 13.0. The minimum Gasteiger partial charge on any atom is -0.494 e. The summed E-state index contributed by atoms with van der Waals surface area (Å²) >= 11 is 0. The van der Waals surface area contributed by atoms with Crippen LogP contribution < -0.4 is 15.5 Å². The third-order valence-corrected chi connectivity index (χ3v) is 4.93. The van der Waals surface area contributed by atoms with Gasteiger partial charge in [0.15, 0.2) is 0 Å². The standard InChI is InChI=1S/C28H29N3O3/c1-3-19-34-24-17-15-21(16-18-24)20-26(29-27(32)23-13-9-6-10-14-23)28(33)31-30-25(4-2)22-11-7-5-8-12-22/h5-18,20H,3-4,19H2,1-2H3,(H,29,32)(H,31,33)/b26-20-,30-25+. The molecule has 0 heterocycles. The minimum absolute atomic E-state index is 0.0864. The molecule has 6 heteroatoms. The monoisotopic (exact) mass is 455 g/mol. The van der Waals surface area contributed by atoms with Gasteiger partial charge in [0.2, 0.25) is 0 Å². The largest absolute Gasteiger partial charge is 0.494 e. The maximum atomic E-state index is 13.0. The molecule has 3 rings (SSSR count). The number of ether oxygens (including phenoxy) is 1. The van der Waals surface area contributed by atoms with Crippen molar-refractivity contribution < 1.29 is 14.3 Å². The van der Waals surface area contributed by atoms with Crippen LogP contribution >= 0.6 is 0 Å². The Morgan fingerprint density at radius 2 is 1.47 bits per heavy atom. The van der Waals surface area contributed by atoms with Crippen molar-refractivity contribution in [3.63, 3.8) is 0 Å². The van der Waals surface area contributed by atoms with Crippen molar-refractivity contribution in [3.8, 4) is 5.75 Å². The first-order valence-corrected chi connectivity index (χ1v) is 11.3. The molecule has 3 aromatic rings. The van der Waals surface area contributed by atoms with Crippen LogP contribution in [0.2, 0.25) is 0 Å². The smallest absolute Gasteiger partial charge is 0.287 e. The quantitative estimate of drug-likeness (QED) is 0.251. The van der Waals surface area contributed by atoms with E-state index >= 15 is 0 Å². The average Bonchev–Trinajstić information content (AvgIpc) is 2.89. The van der Waals surface area contributed by atoms with Crippen molar-refractivity contribution in [1.82, 2.24) is 10.7 Å². The lowest BCUT2D eigenvalue weighted by Gasteiger charge is -2.11. The molecule has 0 radical (unpaired) electrons. The lowest BCUT2D eigenvalue weighted by atomic mass is 10.1. The zero-order valence-corrected chi connectivity index (χ0v) is 19.5. The summed E-state index contributed by atoms with van der Waals surface area (Å²) in [5, 5.41) is 7.03. The summed E-state index contributed by atoms with van der Waals surface area (Å²) in [4.78, 5) is 25.8. The molecule has 6 nitrogen and oxygen atoms in total. The Balaban J connectivity index is 1.84. The molecule has 0 aliphatic heterocycles. The van der Waals surface area contributed by atoms with Crippen LogP contribution in [0, 0.1) is 0 Å². The molecular weight excluding hydrogens is 426 g/mol. The van der Waals surface area contributed by atoms with Crippen molar-refractivity contribution in [1.29, 1.82) is 0 Å². The number of amides is 2. The Bertz CT molecular complexity index is 1140. The number of nitrogens with zero attached hydrogens (tertiary/aromatic N) is 1. The summed E-state index contributed by atoms with van der Waals surface area (Å²) in [6.45, 7) is 4.64. The van der Waals surface area contributed by atoms with Gasteiger partial charge >= 0.3 is 0 Å². The second-order valence-corrected chi connectivity index (χ2v) is 7.51. The van der Waals surface area contributed by atoms with Gasteiger partial charge in [0.25, 0.3) is 11.8 Å². The predicted molar refractivity (Wildman–Crippen MR) is 136 cm³/mol. The molecular formula is C28H29N3O3. The predicted octanol–water partition coefficient (Wildman–Crippen LogP) is 5.18. The van der Waals surface area contributed by atoms with E-state index in [2.05, 4.69) is 15.8 Å². The van der Waals surface area contributed by atoms with Crippen molar-refractivity contribution in [2.45, 2.75) is 26.7 Å². The molecule has 3 aromatic carbocycles. The van der Waals surface area contributed by atoms with Crippen LogP contribution in [-0.2, 0) is 4.79 Å². The number of rotatable bonds is 10. The summed E-state index contributed by atoms with van der Waals surface area (Å²) in [5.41, 5.74) is 5.53. The molecule has 0 unspecified atom stereocenters. The van der Waals surface area contributed by atoms with Gasteiger partial charge < -0.3 is 10.1 Å². The van der Waals surface area contributed by atoms with Gasteiger partial charge in [-0.2, -0.15) is 5.10 Å². The van der Waals surface area contributed by atoms with Gasteiger partial charge in [-0.05, 0) is 54.3 Å². The second-order valence-electron chi connectivity index (χ2n) is 7.51. The van der Waals surface area contributed by atoms with Crippen LogP contribution in [0.15, 0.2) is 95.7 Å². The van der Waals surface area contributed by atoms with Gasteiger partial charge in [-0.15, -0.1) is 0 Å². The van der Waals surface area contributed by atoms with Crippen molar-refractivity contribution in [3.05, 3.63) is 107 Å².